The average molecular weight is 415 g/mol. The van der Waals surface area contributed by atoms with E-state index < -0.39 is 23.4 Å². The van der Waals surface area contributed by atoms with Crippen molar-refractivity contribution >= 4 is 23.3 Å². The fraction of sp³-hybridized carbons (Fsp3) is 0.333. The molecule has 0 radical (unpaired) electrons. The quantitative estimate of drug-likeness (QED) is 0.361. The van der Waals surface area contributed by atoms with Crippen molar-refractivity contribution in [2.24, 2.45) is 0 Å². The van der Waals surface area contributed by atoms with Crippen LogP contribution in [0.25, 0.3) is 0 Å². The minimum atomic E-state index is -0.828. The van der Waals surface area contributed by atoms with Crippen molar-refractivity contribution in [1.82, 2.24) is 5.32 Å². The first-order chi connectivity index (χ1) is 14.3. The Hall–Kier alpha value is -3.62. The van der Waals surface area contributed by atoms with Gasteiger partial charge in [0.1, 0.15) is 0 Å². The minimum absolute atomic E-state index is 0.0309. The lowest BCUT2D eigenvalue weighted by Crippen LogP contribution is -2.36. The molecule has 0 saturated carbocycles. The highest BCUT2D eigenvalue weighted by atomic mass is 16.6. The minimum Gasteiger partial charge on any atom is -0.490 e. The number of nitro groups is 1. The van der Waals surface area contributed by atoms with Gasteiger partial charge in [0.15, 0.2) is 12.4 Å². The molecule has 160 valence electrons. The van der Waals surface area contributed by atoms with Gasteiger partial charge in [-0.25, -0.2) is 4.79 Å². The number of methoxy groups -OCH3 is 1. The van der Waals surface area contributed by atoms with Crippen molar-refractivity contribution in [2.75, 3.05) is 38.3 Å². The van der Waals surface area contributed by atoms with E-state index in [1.807, 2.05) is 32.0 Å². The van der Waals surface area contributed by atoms with E-state index in [4.69, 9.17) is 9.47 Å². The molecule has 0 unspecified atom stereocenters. The van der Waals surface area contributed by atoms with Gasteiger partial charge < -0.3 is 19.7 Å². The number of carbonyl (C=O) groups excluding carboxylic acids is 2. The van der Waals surface area contributed by atoms with Gasteiger partial charge >= 0.3 is 11.7 Å². The molecular weight excluding hydrogens is 390 g/mol. The van der Waals surface area contributed by atoms with Crippen LogP contribution < -0.4 is 15.0 Å². The molecule has 1 N–H and O–H groups in total. The number of amides is 1. The number of nitrogens with one attached hydrogen (secondary N) is 1. The molecule has 0 aromatic heterocycles. The van der Waals surface area contributed by atoms with Crippen LogP contribution in [0, 0.1) is 17.0 Å². The second-order valence-electron chi connectivity index (χ2n) is 6.49. The SMILES string of the molecule is CCN(CCNC(=O)COC(=O)c1ccc(OC)c([N+](=O)[O-])c1)c1cccc(C)c1. The topological polar surface area (TPSA) is 111 Å². The molecular formula is C21H25N3O6. The number of esters is 1. The summed E-state index contributed by atoms with van der Waals surface area (Å²) >= 11 is 0. The van der Waals surface area contributed by atoms with Gasteiger partial charge in [0.2, 0.25) is 0 Å². The molecule has 0 bridgehead atoms. The van der Waals surface area contributed by atoms with Crippen LogP contribution >= 0.6 is 0 Å². The van der Waals surface area contributed by atoms with E-state index in [-0.39, 0.29) is 17.0 Å². The van der Waals surface area contributed by atoms with Crippen LogP contribution in [0.5, 0.6) is 5.75 Å². The van der Waals surface area contributed by atoms with E-state index in [0.29, 0.717) is 13.1 Å². The molecule has 0 saturated heterocycles. The van der Waals surface area contributed by atoms with Crippen molar-refractivity contribution in [3.8, 4) is 5.75 Å². The highest BCUT2D eigenvalue weighted by Crippen LogP contribution is 2.27. The first-order valence-electron chi connectivity index (χ1n) is 9.43. The molecule has 0 aliphatic heterocycles. The zero-order valence-electron chi connectivity index (χ0n) is 17.2. The van der Waals surface area contributed by atoms with Gasteiger partial charge in [-0.2, -0.15) is 0 Å². The second kappa shape index (κ2) is 10.8. The summed E-state index contributed by atoms with van der Waals surface area (Å²) < 4.78 is 9.84. The van der Waals surface area contributed by atoms with E-state index >= 15 is 0 Å². The summed E-state index contributed by atoms with van der Waals surface area (Å²) in [5.41, 5.74) is 1.83. The zero-order chi connectivity index (χ0) is 22.1. The Morgan fingerprint density at radius 2 is 1.97 bits per heavy atom. The molecule has 2 aromatic carbocycles. The third-order valence-corrected chi connectivity index (χ3v) is 4.40. The molecule has 0 aliphatic rings. The summed E-state index contributed by atoms with van der Waals surface area (Å²) in [4.78, 5) is 36.6. The first-order valence-corrected chi connectivity index (χ1v) is 9.43. The molecule has 0 aliphatic carbocycles. The predicted molar refractivity (Wildman–Crippen MR) is 112 cm³/mol. The van der Waals surface area contributed by atoms with Crippen LogP contribution in [-0.2, 0) is 9.53 Å². The van der Waals surface area contributed by atoms with Crippen LogP contribution in [0.3, 0.4) is 0 Å². The lowest BCUT2D eigenvalue weighted by molar-refractivity contribution is -0.385. The number of likely N-dealkylation sites (N-methyl/N-ethyl adjacent to an activating group) is 1. The zero-order valence-corrected chi connectivity index (χ0v) is 17.2. The number of nitrogens with zero attached hydrogens (tertiary/aromatic N) is 2. The molecule has 0 spiro atoms. The third kappa shape index (κ3) is 6.20. The molecule has 0 atom stereocenters. The molecule has 9 heteroatoms. The van der Waals surface area contributed by atoms with Crippen LogP contribution in [0.4, 0.5) is 11.4 Å². The molecule has 0 heterocycles. The summed E-state index contributed by atoms with van der Waals surface area (Å²) in [6.07, 6.45) is 0. The van der Waals surface area contributed by atoms with Gasteiger partial charge in [-0.15, -0.1) is 0 Å². The molecule has 9 nitrogen and oxygen atoms in total. The summed E-state index contributed by atoms with van der Waals surface area (Å²) in [5, 5.41) is 13.7. The number of aryl methyl sites for hydroxylation is 1. The van der Waals surface area contributed by atoms with E-state index in [2.05, 4.69) is 16.3 Å². The van der Waals surface area contributed by atoms with E-state index in [0.717, 1.165) is 23.9 Å². The van der Waals surface area contributed by atoms with Gasteiger partial charge in [-0.05, 0) is 43.7 Å². The molecule has 2 rings (SSSR count). The summed E-state index contributed by atoms with van der Waals surface area (Å²) in [5.74, 6) is -1.25. The number of carbonyl (C=O) groups is 2. The molecule has 2 aromatic rings. The second-order valence-corrected chi connectivity index (χ2v) is 6.49. The number of benzene rings is 2. The monoisotopic (exact) mass is 415 g/mol. The van der Waals surface area contributed by atoms with Gasteiger partial charge in [-0.3, -0.25) is 14.9 Å². The predicted octanol–water partition coefficient (Wildman–Crippen LogP) is 2.71. The number of anilines is 1. The number of rotatable bonds is 10. The third-order valence-electron chi connectivity index (χ3n) is 4.40. The van der Waals surface area contributed by atoms with Crippen molar-refractivity contribution in [2.45, 2.75) is 13.8 Å². The maximum absolute atomic E-state index is 12.1. The number of ether oxygens (including phenoxy) is 2. The molecule has 30 heavy (non-hydrogen) atoms. The summed E-state index contributed by atoms with van der Waals surface area (Å²) in [6.45, 7) is 5.33. The van der Waals surface area contributed by atoms with Crippen molar-refractivity contribution < 1.29 is 24.0 Å². The average Bonchev–Trinajstić information content (AvgIpc) is 2.74. The van der Waals surface area contributed by atoms with Crippen LogP contribution in [-0.4, -0.2) is 50.2 Å². The van der Waals surface area contributed by atoms with Crippen LogP contribution in [0.2, 0.25) is 0 Å². The Morgan fingerprint density at radius 1 is 1.20 bits per heavy atom. The Kier molecular flexibility index (Phi) is 8.16. The Balaban J connectivity index is 1.83. The van der Waals surface area contributed by atoms with E-state index in [1.165, 1.54) is 19.2 Å². The summed E-state index contributed by atoms with van der Waals surface area (Å²) in [7, 11) is 1.29. The molecule has 0 fully saturated rings. The fourth-order valence-electron chi connectivity index (χ4n) is 2.85. The first kappa shape index (κ1) is 22.7. The Morgan fingerprint density at radius 3 is 2.60 bits per heavy atom. The smallest absolute Gasteiger partial charge is 0.338 e. The van der Waals surface area contributed by atoms with E-state index in [1.54, 1.807) is 0 Å². The van der Waals surface area contributed by atoms with Crippen LogP contribution in [0.1, 0.15) is 22.8 Å². The van der Waals surface area contributed by atoms with Gasteiger partial charge in [0, 0.05) is 31.4 Å². The van der Waals surface area contributed by atoms with E-state index in [9.17, 15) is 19.7 Å². The number of nitro benzene ring substituents is 1. The number of hydrogen-bond donors (Lipinski definition) is 1. The lowest BCUT2D eigenvalue weighted by atomic mass is 10.2. The van der Waals surface area contributed by atoms with Crippen molar-refractivity contribution in [3.63, 3.8) is 0 Å². The van der Waals surface area contributed by atoms with Crippen molar-refractivity contribution in [1.29, 1.82) is 0 Å². The van der Waals surface area contributed by atoms with Gasteiger partial charge in [-0.1, -0.05) is 12.1 Å². The highest BCUT2D eigenvalue weighted by molar-refractivity contribution is 5.92. The largest absolute Gasteiger partial charge is 0.490 e. The lowest BCUT2D eigenvalue weighted by Gasteiger charge is -2.23. The Labute approximate surface area is 174 Å². The highest BCUT2D eigenvalue weighted by Gasteiger charge is 2.19. The van der Waals surface area contributed by atoms with Gasteiger partial charge in [0.05, 0.1) is 17.6 Å². The normalized spacial score (nSPS) is 10.2. The van der Waals surface area contributed by atoms with Crippen LogP contribution in [0.15, 0.2) is 42.5 Å². The number of hydrogen-bond acceptors (Lipinski definition) is 7. The summed E-state index contributed by atoms with van der Waals surface area (Å²) in [6, 6.07) is 11.8. The standard InChI is InChI=1S/C21H25N3O6/c1-4-23(17-7-5-6-15(2)12-17)11-10-22-20(25)14-30-21(26)16-8-9-19(29-3)18(13-16)24(27)28/h5-9,12-13H,4,10-11,14H2,1-3H3,(H,22,25). The fourth-order valence-corrected chi connectivity index (χ4v) is 2.85. The molecule has 1 amide bonds. The maximum Gasteiger partial charge on any atom is 0.338 e. The Bertz CT molecular complexity index is 915. The maximum atomic E-state index is 12.1. The van der Waals surface area contributed by atoms with Crippen molar-refractivity contribution in [3.05, 3.63) is 63.7 Å². The van der Waals surface area contributed by atoms with Gasteiger partial charge in [0.25, 0.3) is 5.91 Å².